The highest BCUT2D eigenvalue weighted by atomic mass is 16.5. The Kier molecular flexibility index (Phi) is 2.70. The van der Waals surface area contributed by atoms with Crippen LogP contribution in [0.5, 0.6) is 5.75 Å². The molecule has 0 spiro atoms. The van der Waals surface area contributed by atoms with E-state index in [1.807, 2.05) is 6.07 Å². The van der Waals surface area contributed by atoms with Crippen LogP contribution in [0.15, 0.2) is 18.2 Å². The molecule has 0 unspecified atom stereocenters. The second-order valence-electron chi connectivity index (χ2n) is 4.60. The number of benzene rings is 1. The van der Waals surface area contributed by atoms with Crippen molar-refractivity contribution in [1.82, 2.24) is 0 Å². The van der Waals surface area contributed by atoms with Crippen molar-refractivity contribution in [3.05, 3.63) is 29.3 Å². The average molecular weight is 206 g/mol. The molecule has 82 valence electrons. The maximum atomic E-state index is 9.52. The minimum Gasteiger partial charge on any atom is -0.497 e. The van der Waals surface area contributed by atoms with E-state index in [4.69, 9.17) is 4.74 Å². The molecule has 1 N–H and O–H groups in total. The molecule has 0 aromatic heterocycles. The van der Waals surface area contributed by atoms with Gasteiger partial charge in [0.15, 0.2) is 0 Å². The van der Waals surface area contributed by atoms with Gasteiger partial charge >= 0.3 is 0 Å². The van der Waals surface area contributed by atoms with Gasteiger partial charge in [0, 0.05) is 5.41 Å². The Hall–Kier alpha value is -1.02. The summed E-state index contributed by atoms with van der Waals surface area (Å²) >= 11 is 0. The normalized spacial score (nSPS) is 24.7. The molecule has 1 atom stereocenters. The number of aryl methyl sites for hydroxylation is 1. The molecule has 1 aliphatic rings. The number of ether oxygens (including phenoxy) is 1. The van der Waals surface area contributed by atoms with Crippen molar-refractivity contribution in [2.75, 3.05) is 13.7 Å². The third-order valence-electron chi connectivity index (χ3n) is 3.49. The Balaban J connectivity index is 2.48. The predicted molar refractivity (Wildman–Crippen MR) is 60.4 cm³/mol. The van der Waals surface area contributed by atoms with E-state index < -0.39 is 0 Å². The van der Waals surface area contributed by atoms with Gasteiger partial charge in [-0.2, -0.15) is 0 Å². The van der Waals surface area contributed by atoms with Crippen molar-refractivity contribution in [3.63, 3.8) is 0 Å². The molecule has 1 aromatic carbocycles. The van der Waals surface area contributed by atoms with Gasteiger partial charge in [-0.15, -0.1) is 0 Å². The van der Waals surface area contributed by atoms with Gasteiger partial charge in [-0.05, 0) is 42.5 Å². The average Bonchev–Trinajstić information content (AvgIpc) is 2.29. The predicted octanol–water partition coefficient (Wildman–Crippen LogP) is 2.28. The summed E-state index contributed by atoms with van der Waals surface area (Å²) in [7, 11) is 1.68. The number of fused-ring (bicyclic) bond motifs is 1. The molecule has 2 rings (SSSR count). The smallest absolute Gasteiger partial charge is 0.119 e. The minimum atomic E-state index is -0.0812. The molecule has 0 heterocycles. The summed E-state index contributed by atoms with van der Waals surface area (Å²) < 4.78 is 5.24. The molecular formula is C13H18O2. The van der Waals surface area contributed by atoms with E-state index in [-0.39, 0.29) is 12.0 Å². The molecule has 1 aromatic rings. The number of methoxy groups -OCH3 is 1. The summed E-state index contributed by atoms with van der Waals surface area (Å²) in [4.78, 5) is 0. The Morgan fingerprint density at radius 1 is 1.47 bits per heavy atom. The van der Waals surface area contributed by atoms with Gasteiger partial charge in [-0.1, -0.05) is 13.0 Å². The highest BCUT2D eigenvalue weighted by molar-refractivity contribution is 5.42. The van der Waals surface area contributed by atoms with Crippen molar-refractivity contribution in [3.8, 4) is 5.75 Å². The third kappa shape index (κ3) is 1.74. The van der Waals surface area contributed by atoms with Crippen LogP contribution in [0.3, 0.4) is 0 Å². The summed E-state index contributed by atoms with van der Waals surface area (Å²) in [5.41, 5.74) is 2.54. The Labute approximate surface area is 90.9 Å². The van der Waals surface area contributed by atoms with E-state index in [0.717, 1.165) is 25.0 Å². The second kappa shape index (κ2) is 3.86. The fraction of sp³-hybridized carbons (Fsp3) is 0.538. The topological polar surface area (TPSA) is 29.5 Å². The van der Waals surface area contributed by atoms with Crippen LogP contribution in [0.4, 0.5) is 0 Å². The zero-order chi connectivity index (χ0) is 10.9. The highest BCUT2D eigenvalue weighted by Crippen LogP contribution is 2.38. The molecule has 15 heavy (non-hydrogen) atoms. The second-order valence-corrected chi connectivity index (χ2v) is 4.60. The van der Waals surface area contributed by atoms with E-state index >= 15 is 0 Å². The largest absolute Gasteiger partial charge is 0.497 e. The monoisotopic (exact) mass is 206 g/mol. The molecule has 0 saturated heterocycles. The lowest BCUT2D eigenvalue weighted by atomic mass is 9.72. The molecule has 2 heteroatoms. The molecule has 0 saturated carbocycles. The lowest BCUT2D eigenvalue weighted by Crippen LogP contribution is -2.31. The number of rotatable bonds is 2. The molecule has 0 radical (unpaired) electrons. The number of hydrogen-bond acceptors (Lipinski definition) is 2. The molecular weight excluding hydrogens is 188 g/mol. The minimum absolute atomic E-state index is 0.0812. The molecule has 0 aliphatic heterocycles. The number of aliphatic hydroxyl groups excluding tert-OH is 1. The van der Waals surface area contributed by atoms with Crippen LogP contribution in [0, 0.1) is 0 Å². The molecule has 0 amide bonds. The van der Waals surface area contributed by atoms with Crippen LogP contribution in [-0.4, -0.2) is 18.8 Å². The van der Waals surface area contributed by atoms with Gasteiger partial charge in [0.25, 0.3) is 0 Å². The van der Waals surface area contributed by atoms with Gasteiger partial charge in [0.1, 0.15) is 5.75 Å². The van der Waals surface area contributed by atoms with Crippen LogP contribution in [0.25, 0.3) is 0 Å². The Morgan fingerprint density at radius 3 is 2.93 bits per heavy atom. The fourth-order valence-corrected chi connectivity index (χ4v) is 2.43. The lowest BCUT2D eigenvalue weighted by Gasteiger charge is -2.34. The van der Waals surface area contributed by atoms with E-state index in [1.165, 1.54) is 11.1 Å². The third-order valence-corrected chi connectivity index (χ3v) is 3.49. The van der Waals surface area contributed by atoms with Gasteiger partial charge in [0.05, 0.1) is 13.7 Å². The van der Waals surface area contributed by atoms with Crippen LogP contribution in [0.1, 0.15) is 30.9 Å². The lowest BCUT2D eigenvalue weighted by molar-refractivity contribution is 0.188. The zero-order valence-corrected chi connectivity index (χ0v) is 9.42. The zero-order valence-electron chi connectivity index (χ0n) is 9.42. The van der Waals surface area contributed by atoms with Crippen molar-refractivity contribution in [2.24, 2.45) is 0 Å². The molecule has 2 nitrogen and oxygen atoms in total. The van der Waals surface area contributed by atoms with Gasteiger partial charge < -0.3 is 9.84 Å². The summed E-state index contributed by atoms with van der Waals surface area (Å²) in [6.07, 6.45) is 3.34. The maximum Gasteiger partial charge on any atom is 0.119 e. The Bertz CT molecular complexity index is 360. The van der Waals surface area contributed by atoms with Crippen molar-refractivity contribution >= 4 is 0 Å². The maximum absolute atomic E-state index is 9.52. The van der Waals surface area contributed by atoms with E-state index in [2.05, 4.69) is 19.1 Å². The van der Waals surface area contributed by atoms with Crippen molar-refractivity contribution in [1.29, 1.82) is 0 Å². The first kappa shape index (κ1) is 10.5. The van der Waals surface area contributed by atoms with Crippen LogP contribution >= 0.6 is 0 Å². The quantitative estimate of drug-likeness (QED) is 0.804. The number of hydrogen-bond donors (Lipinski definition) is 1. The van der Waals surface area contributed by atoms with E-state index in [1.54, 1.807) is 7.11 Å². The summed E-state index contributed by atoms with van der Waals surface area (Å²) in [5, 5.41) is 9.52. The van der Waals surface area contributed by atoms with Crippen LogP contribution in [0.2, 0.25) is 0 Å². The van der Waals surface area contributed by atoms with Gasteiger partial charge in [-0.3, -0.25) is 0 Å². The van der Waals surface area contributed by atoms with Gasteiger partial charge in [0.2, 0.25) is 0 Å². The molecule has 0 fully saturated rings. The molecule has 0 bridgehead atoms. The first-order chi connectivity index (χ1) is 7.19. The molecule has 1 aliphatic carbocycles. The highest BCUT2D eigenvalue weighted by Gasteiger charge is 2.31. The first-order valence-electron chi connectivity index (χ1n) is 5.48. The van der Waals surface area contributed by atoms with Crippen molar-refractivity contribution < 1.29 is 9.84 Å². The van der Waals surface area contributed by atoms with E-state index in [9.17, 15) is 5.11 Å². The Morgan fingerprint density at radius 2 is 2.27 bits per heavy atom. The first-order valence-corrected chi connectivity index (χ1v) is 5.48. The summed E-state index contributed by atoms with van der Waals surface area (Å²) in [6, 6.07) is 6.20. The van der Waals surface area contributed by atoms with Gasteiger partial charge in [-0.25, -0.2) is 0 Å². The number of aliphatic hydroxyl groups is 1. The standard InChI is InChI=1S/C13H18O2/c1-13(9-14)7-3-4-10-5-6-11(15-2)8-12(10)13/h5-6,8,14H,3-4,7,9H2,1-2H3/t13-/m0/s1. The van der Waals surface area contributed by atoms with Crippen LogP contribution in [-0.2, 0) is 11.8 Å². The SMILES string of the molecule is COc1ccc2c(c1)[C@](C)(CO)CCC2. The fourth-order valence-electron chi connectivity index (χ4n) is 2.43. The van der Waals surface area contributed by atoms with Crippen molar-refractivity contribution in [2.45, 2.75) is 31.6 Å². The summed E-state index contributed by atoms with van der Waals surface area (Å²) in [5.74, 6) is 0.885. The summed E-state index contributed by atoms with van der Waals surface area (Å²) in [6.45, 7) is 2.34. The van der Waals surface area contributed by atoms with Crippen LogP contribution < -0.4 is 4.74 Å². The van der Waals surface area contributed by atoms with E-state index in [0.29, 0.717) is 0 Å².